The van der Waals surface area contributed by atoms with Gasteiger partial charge in [0.2, 0.25) is 5.91 Å². The summed E-state index contributed by atoms with van der Waals surface area (Å²) >= 11 is 0. The van der Waals surface area contributed by atoms with Gasteiger partial charge in [-0.25, -0.2) is 14.2 Å². The van der Waals surface area contributed by atoms with E-state index < -0.39 is 12.0 Å². The van der Waals surface area contributed by atoms with Gasteiger partial charge in [-0.05, 0) is 80.1 Å². The Labute approximate surface area is 261 Å². The van der Waals surface area contributed by atoms with Crippen molar-refractivity contribution in [3.8, 4) is 5.75 Å². The molecule has 7 nitrogen and oxygen atoms in total. The lowest BCUT2D eigenvalue weighted by Crippen LogP contribution is -2.62. The SMILES string of the molecule is C=CC(=O)CCCC1NN(c2ccc(C3CCC3)cc2O)C2CCN(C(=O)C3CNC(C(C)(F)F)C(C)C3CC)C(CC)C12. The number of likely N-dealkylation sites (tertiary alicyclic amines) is 1. The van der Waals surface area contributed by atoms with Crippen molar-refractivity contribution >= 4 is 17.4 Å². The molecule has 1 aliphatic carbocycles. The van der Waals surface area contributed by atoms with Crippen LogP contribution in [0.4, 0.5) is 14.5 Å². The Morgan fingerprint density at radius 1 is 1.18 bits per heavy atom. The quantitative estimate of drug-likeness (QED) is 0.258. The van der Waals surface area contributed by atoms with E-state index in [2.05, 4.69) is 35.3 Å². The number of benzene rings is 1. The van der Waals surface area contributed by atoms with E-state index in [0.717, 1.165) is 44.7 Å². The summed E-state index contributed by atoms with van der Waals surface area (Å²) in [6.45, 7) is 11.4. The highest BCUT2D eigenvalue weighted by molar-refractivity contribution is 5.88. The molecule has 0 aromatic heterocycles. The fraction of sp³-hybridized carbons (Fsp3) is 0.714. The Balaban J connectivity index is 1.40. The zero-order chi connectivity index (χ0) is 31.8. The first-order chi connectivity index (χ1) is 21.0. The number of rotatable bonds is 11. The van der Waals surface area contributed by atoms with Crippen LogP contribution in [0.5, 0.6) is 5.75 Å². The number of piperidine rings is 2. The Bertz CT molecular complexity index is 1200. The Hall–Kier alpha value is -2.52. The fourth-order valence-electron chi connectivity index (χ4n) is 8.89. The van der Waals surface area contributed by atoms with Gasteiger partial charge in [0.05, 0.1) is 23.7 Å². The topological polar surface area (TPSA) is 84.9 Å². The molecule has 44 heavy (non-hydrogen) atoms. The van der Waals surface area contributed by atoms with Gasteiger partial charge in [0.1, 0.15) is 5.75 Å². The number of halogens is 2. The summed E-state index contributed by atoms with van der Waals surface area (Å²) in [5, 5.41) is 16.4. The number of nitrogens with zero attached hydrogens (tertiary/aromatic N) is 2. The minimum absolute atomic E-state index is 0.0115. The highest BCUT2D eigenvalue weighted by Gasteiger charge is 2.53. The number of hydrazine groups is 1. The predicted octanol–water partition coefficient (Wildman–Crippen LogP) is 6.18. The molecule has 9 heteroatoms. The number of aromatic hydroxyl groups is 1. The summed E-state index contributed by atoms with van der Waals surface area (Å²) in [6, 6.07) is 5.16. The molecule has 5 rings (SSSR count). The van der Waals surface area contributed by atoms with E-state index in [1.54, 1.807) is 0 Å². The minimum Gasteiger partial charge on any atom is -0.506 e. The molecular formula is C35H52F2N4O3. The molecule has 3 N–H and O–H groups in total. The van der Waals surface area contributed by atoms with Crippen molar-refractivity contribution in [2.45, 2.75) is 121 Å². The number of carbonyl (C=O) groups excluding carboxylic acids is 2. The molecule has 8 unspecified atom stereocenters. The number of nitrogens with one attached hydrogen (secondary N) is 2. The van der Waals surface area contributed by atoms with Crippen LogP contribution in [0.2, 0.25) is 0 Å². The largest absolute Gasteiger partial charge is 0.506 e. The molecular weight excluding hydrogens is 562 g/mol. The Morgan fingerprint density at radius 2 is 1.93 bits per heavy atom. The van der Waals surface area contributed by atoms with Gasteiger partial charge in [-0.3, -0.25) is 9.59 Å². The number of anilines is 1. The number of amides is 1. The van der Waals surface area contributed by atoms with Crippen molar-refractivity contribution < 1.29 is 23.5 Å². The summed E-state index contributed by atoms with van der Waals surface area (Å²) in [5.41, 5.74) is 5.65. The van der Waals surface area contributed by atoms with Gasteiger partial charge in [0.15, 0.2) is 5.78 Å². The highest BCUT2D eigenvalue weighted by Crippen LogP contribution is 2.46. The van der Waals surface area contributed by atoms with Crippen LogP contribution in [-0.2, 0) is 9.59 Å². The molecule has 1 aromatic rings. The summed E-state index contributed by atoms with van der Waals surface area (Å²) in [5.74, 6) is -2.70. The fourth-order valence-corrected chi connectivity index (χ4v) is 8.89. The Morgan fingerprint density at radius 3 is 2.52 bits per heavy atom. The molecule has 0 bridgehead atoms. The van der Waals surface area contributed by atoms with E-state index in [9.17, 15) is 23.5 Å². The first-order valence-electron chi connectivity index (χ1n) is 16.9. The van der Waals surface area contributed by atoms with Crippen molar-refractivity contribution in [1.82, 2.24) is 15.6 Å². The molecule has 8 atom stereocenters. The number of fused-ring (bicyclic) bond motifs is 1. The highest BCUT2D eigenvalue weighted by atomic mass is 19.3. The van der Waals surface area contributed by atoms with Gasteiger partial charge >= 0.3 is 0 Å². The van der Waals surface area contributed by atoms with Crippen molar-refractivity contribution in [3.05, 3.63) is 36.4 Å². The van der Waals surface area contributed by atoms with Crippen LogP contribution in [0.15, 0.2) is 30.9 Å². The van der Waals surface area contributed by atoms with Crippen LogP contribution >= 0.6 is 0 Å². The van der Waals surface area contributed by atoms with Crippen LogP contribution < -0.4 is 15.8 Å². The molecule has 1 amide bonds. The number of phenols is 1. The summed E-state index contributed by atoms with van der Waals surface area (Å²) in [4.78, 5) is 28.4. The molecule has 1 aromatic carbocycles. The maximum atomic E-state index is 14.4. The van der Waals surface area contributed by atoms with Gasteiger partial charge in [-0.2, -0.15) is 0 Å². The van der Waals surface area contributed by atoms with E-state index in [1.807, 2.05) is 30.9 Å². The van der Waals surface area contributed by atoms with Gasteiger partial charge in [0, 0.05) is 44.4 Å². The second-order valence-corrected chi connectivity index (χ2v) is 13.9. The number of allylic oxidation sites excluding steroid dienone is 1. The van der Waals surface area contributed by atoms with E-state index in [-0.39, 0.29) is 65.8 Å². The third-order valence-corrected chi connectivity index (χ3v) is 11.4. The maximum Gasteiger partial charge on any atom is 0.260 e. The second kappa shape index (κ2) is 13.5. The van der Waals surface area contributed by atoms with Crippen LogP contribution in [0.3, 0.4) is 0 Å². The lowest BCUT2D eigenvalue weighted by molar-refractivity contribution is -0.148. The number of hydrogen-bond acceptors (Lipinski definition) is 6. The molecule has 4 fully saturated rings. The van der Waals surface area contributed by atoms with Crippen LogP contribution in [0, 0.1) is 23.7 Å². The molecule has 0 spiro atoms. The molecule has 3 aliphatic heterocycles. The van der Waals surface area contributed by atoms with Crippen LogP contribution in [0.1, 0.15) is 97.0 Å². The molecule has 3 heterocycles. The van der Waals surface area contributed by atoms with E-state index in [1.165, 1.54) is 18.1 Å². The molecule has 4 aliphatic rings. The minimum atomic E-state index is -2.86. The van der Waals surface area contributed by atoms with Gasteiger partial charge in [0.25, 0.3) is 5.92 Å². The van der Waals surface area contributed by atoms with Crippen molar-refractivity contribution in [2.75, 3.05) is 18.1 Å². The molecule has 244 valence electrons. The second-order valence-electron chi connectivity index (χ2n) is 13.9. The number of ketones is 1. The van der Waals surface area contributed by atoms with Crippen molar-refractivity contribution in [2.24, 2.45) is 23.7 Å². The number of phenolic OH excluding ortho intramolecular Hbond substituents is 1. The summed E-state index contributed by atoms with van der Waals surface area (Å²) in [7, 11) is 0. The monoisotopic (exact) mass is 614 g/mol. The van der Waals surface area contributed by atoms with Crippen LogP contribution in [0.25, 0.3) is 0 Å². The lowest BCUT2D eigenvalue weighted by Gasteiger charge is -2.49. The lowest BCUT2D eigenvalue weighted by atomic mass is 9.71. The third kappa shape index (κ3) is 6.28. The molecule has 1 saturated carbocycles. The number of carbonyl (C=O) groups is 2. The van der Waals surface area contributed by atoms with Crippen molar-refractivity contribution in [1.29, 1.82) is 0 Å². The van der Waals surface area contributed by atoms with Gasteiger partial charge in [-0.15, -0.1) is 0 Å². The van der Waals surface area contributed by atoms with Gasteiger partial charge < -0.3 is 20.3 Å². The van der Waals surface area contributed by atoms with E-state index >= 15 is 0 Å². The van der Waals surface area contributed by atoms with Crippen LogP contribution in [-0.4, -0.2) is 64.9 Å². The first kappa shape index (κ1) is 32.9. The zero-order valence-corrected chi connectivity index (χ0v) is 26.9. The smallest absolute Gasteiger partial charge is 0.260 e. The van der Waals surface area contributed by atoms with Gasteiger partial charge in [-0.1, -0.05) is 46.3 Å². The average Bonchev–Trinajstić information content (AvgIpc) is 3.32. The van der Waals surface area contributed by atoms with E-state index in [0.29, 0.717) is 31.7 Å². The zero-order valence-electron chi connectivity index (χ0n) is 26.9. The summed E-state index contributed by atoms with van der Waals surface area (Å²) < 4.78 is 28.8. The standard InChI is InChI=1S/C35H52F2N4O3/c1-6-24(42)13-10-14-27-32-28(8-3)40(34(44)26-20-38-33(35(5,36)37)21(4)25(26)7-2)18-17-30(32)41(39-27)29-16-15-23(19-31(29)43)22-11-9-12-22/h6,15-16,19,21-22,25-28,30,32-33,38-39,43H,1,7-14,17-18,20H2,2-5H3. The Kier molecular flexibility index (Phi) is 10.0. The van der Waals surface area contributed by atoms with Crippen molar-refractivity contribution in [3.63, 3.8) is 0 Å². The predicted molar refractivity (Wildman–Crippen MR) is 170 cm³/mol. The van der Waals surface area contributed by atoms with E-state index in [4.69, 9.17) is 0 Å². The maximum absolute atomic E-state index is 14.4. The normalized spacial score (nSPS) is 32.7. The number of hydrogen-bond donors (Lipinski definition) is 3. The number of alkyl halides is 2. The molecule has 3 saturated heterocycles. The molecule has 0 radical (unpaired) electrons. The third-order valence-electron chi connectivity index (χ3n) is 11.4. The summed E-state index contributed by atoms with van der Waals surface area (Å²) in [6.07, 6.45) is 8.97. The average molecular weight is 615 g/mol. The first-order valence-corrected chi connectivity index (χ1v) is 16.9.